The number of amides is 1. The quantitative estimate of drug-likeness (QED) is 0.582. The van der Waals surface area contributed by atoms with Crippen molar-refractivity contribution in [3.8, 4) is 17.0 Å². The molecule has 1 fully saturated rings. The maximum atomic E-state index is 12.6. The van der Waals surface area contributed by atoms with Crippen LogP contribution in [0.25, 0.3) is 11.3 Å². The number of ether oxygens (including phenoxy) is 1. The molecule has 2 aromatic carbocycles. The van der Waals surface area contributed by atoms with E-state index in [1.807, 2.05) is 65.6 Å². The van der Waals surface area contributed by atoms with E-state index in [1.165, 1.54) is 0 Å². The number of hydrogen-bond donors (Lipinski definition) is 0. The molecule has 160 valence electrons. The van der Waals surface area contributed by atoms with E-state index >= 15 is 0 Å². The van der Waals surface area contributed by atoms with Gasteiger partial charge in [0.2, 0.25) is 0 Å². The van der Waals surface area contributed by atoms with E-state index in [4.69, 9.17) is 16.3 Å². The summed E-state index contributed by atoms with van der Waals surface area (Å²) in [5, 5.41) is 9.37. The monoisotopic (exact) mass is 436 g/mol. The lowest BCUT2D eigenvalue weighted by molar-refractivity contribution is -0.133. The number of carbonyl (C=O) groups excluding carboxylic acids is 1. The largest absolute Gasteiger partial charge is 0.483 e. The van der Waals surface area contributed by atoms with Crippen LogP contribution in [0.1, 0.15) is 12.5 Å². The average molecular weight is 437 g/mol. The van der Waals surface area contributed by atoms with Crippen molar-refractivity contribution in [2.24, 2.45) is 0 Å². The van der Waals surface area contributed by atoms with Crippen LogP contribution < -0.4 is 9.64 Å². The SMILES string of the molecule is CCc1ccccc1OCC(=O)N1CCN(c2ccc(-c3ccccc3Cl)nn2)CC1. The Labute approximate surface area is 187 Å². The number of aromatic nitrogens is 2. The average Bonchev–Trinajstić information content (AvgIpc) is 2.83. The smallest absolute Gasteiger partial charge is 0.260 e. The second-order valence-electron chi connectivity index (χ2n) is 7.37. The predicted octanol–water partition coefficient (Wildman–Crippen LogP) is 4.09. The van der Waals surface area contributed by atoms with Crippen molar-refractivity contribution in [2.45, 2.75) is 13.3 Å². The zero-order valence-electron chi connectivity index (χ0n) is 17.5. The van der Waals surface area contributed by atoms with Crippen LogP contribution in [-0.4, -0.2) is 53.8 Å². The van der Waals surface area contributed by atoms with Crippen molar-refractivity contribution in [3.63, 3.8) is 0 Å². The Hall–Kier alpha value is -3.12. The van der Waals surface area contributed by atoms with Crippen LogP contribution in [0.2, 0.25) is 5.02 Å². The summed E-state index contributed by atoms with van der Waals surface area (Å²) < 4.78 is 5.78. The number of halogens is 1. The van der Waals surface area contributed by atoms with Gasteiger partial charge in [-0.1, -0.05) is 54.9 Å². The van der Waals surface area contributed by atoms with Crippen LogP contribution in [0.15, 0.2) is 60.7 Å². The van der Waals surface area contributed by atoms with Crippen LogP contribution in [-0.2, 0) is 11.2 Å². The summed E-state index contributed by atoms with van der Waals surface area (Å²) in [6, 6.07) is 19.3. The van der Waals surface area contributed by atoms with Crippen molar-refractivity contribution in [1.29, 1.82) is 0 Å². The van der Waals surface area contributed by atoms with E-state index in [2.05, 4.69) is 22.0 Å². The molecule has 0 aliphatic carbocycles. The van der Waals surface area contributed by atoms with Crippen molar-refractivity contribution < 1.29 is 9.53 Å². The maximum Gasteiger partial charge on any atom is 0.260 e. The molecular weight excluding hydrogens is 412 g/mol. The molecule has 0 atom stereocenters. The third kappa shape index (κ3) is 4.97. The lowest BCUT2D eigenvalue weighted by Gasteiger charge is -2.35. The summed E-state index contributed by atoms with van der Waals surface area (Å²) in [5.74, 6) is 1.59. The molecular formula is C24H25ClN4O2. The van der Waals surface area contributed by atoms with Gasteiger partial charge in [0.25, 0.3) is 5.91 Å². The van der Waals surface area contributed by atoms with Crippen LogP contribution in [0.3, 0.4) is 0 Å². The summed E-state index contributed by atoms with van der Waals surface area (Å²) in [5.41, 5.74) is 2.72. The van der Waals surface area contributed by atoms with Gasteiger partial charge in [-0.05, 0) is 36.2 Å². The standard InChI is InChI=1S/C24H25ClN4O2/c1-2-18-7-3-6-10-22(18)31-17-24(30)29-15-13-28(14-16-29)23-12-11-21(26-27-23)19-8-4-5-9-20(19)25/h3-12H,2,13-17H2,1H3. The van der Waals surface area contributed by atoms with E-state index in [9.17, 15) is 4.79 Å². The fourth-order valence-electron chi connectivity index (χ4n) is 3.66. The number of benzene rings is 2. The van der Waals surface area contributed by atoms with E-state index in [0.717, 1.165) is 34.8 Å². The summed E-state index contributed by atoms with van der Waals surface area (Å²) in [7, 11) is 0. The number of nitrogens with zero attached hydrogens (tertiary/aromatic N) is 4. The first-order chi connectivity index (χ1) is 15.2. The second kappa shape index (κ2) is 9.79. The van der Waals surface area contributed by atoms with E-state index in [0.29, 0.717) is 31.2 Å². The molecule has 0 saturated carbocycles. The van der Waals surface area contributed by atoms with Gasteiger partial charge < -0.3 is 14.5 Å². The Morgan fingerprint density at radius 3 is 2.42 bits per heavy atom. The van der Waals surface area contributed by atoms with Gasteiger partial charge in [-0.2, -0.15) is 0 Å². The number of piperazine rings is 1. The molecule has 6 nitrogen and oxygen atoms in total. The molecule has 0 unspecified atom stereocenters. The predicted molar refractivity (Wildman–Crippen MR) is 123 cm³/mol. The number of anilines is 1. The lowest BCUT2D eigenvalue weighted by Crippen LogP contribution is -2.50. The topological polar surface area (TPSA) is 58.6 Å². The highest BCUT2D eigenvalue weighted by Gasteiger charge is 2.22. The molecule has 1 aliphatic rings. The number of hydrogen-bond acceptors (Lipinski definition) is 5. The van der Waals surface area contributed by atoms with Crippen LogP contribution in [0.4, 0.5) is 5.82 Å². The highest BCUT2D eigenvalue weighted by molar-refractivity contribution is 6.33. The van der Waals surface area contributed by atoms with Crippen molar-refractivity contribution >= 4 is 23.3 Å². The Kier molecular flexibility index (Phi) is 6.67. The Morgan fingerprint density at radius 1 is 0.968 bits per heavy atom. The van der Waals surface area contributed by atoms with Gasteiger partial charge in [0.15, 0.2) is 12.4 Å². The van der Waals surface area contributed by atoms with E-state index in [-0.39, 0.29) is 12.5 Å². The molecule has 0 spiro atoms. The number of para-hydroxylation sites is 1. The molecule has 0 radical (unpaired) electrons. The molecule has 1 aromatic heterocycles. The van der Waals surface area contributed by atoms with Gasteiger partial charge in [-0.15, -0.1) is 10.2 Å². The van der Waals surface area contributed by atoms with Crippen LogP contribution in [0.5, 0.6) is 5.75 Å². The minimum Gasteiger partial charge on any atom is -0.483 e. The van der Waals surface area contributed by atoms with Gasteiger partial charge in [0, 0.05) is 31.7 Å². The zero-order valence-corrected chi connectivity index (χ0v) is 18.3. The minimum absolute atomic E-state index is 0.00528. The van der Waals surface area contributed by atoms with Gasteiger partial charge in [-0.3, -0.25) is 4.79 Å². The zero-order chi connectivity index (χ0) is 21.6. The Morgan fingerprint density at radius 2 is 1.71 bits per heavy atom. The Balaban J connectivity index is 1.31. The fraction of sp³-hybridized carbons (Fsp3) is 0.292. The molecule has 1 aliphatic heterocycles. The molecule has 1 saturated heterocycles. The third-order valence-corrected chi connectivity index (χ3v) is 5.79. The van der Waals surface area contributed by atoms with E-state index in [1.54, 1.807) is 0 Å². The molecule has 1 amide bonds. The molecule has 4 rings (SSSR count). The summed E-state index contributed by atoms with van der Waals surface area (Å²) in [6.45, 7) is 4.81. The van der Waals surface area contributed by atoms with Gasteiger partial charge >= 0.3 is 0 Å². The normalized spacial score (nSPS) is 13.9. The molecule has 2 heterocycles. The first kappa shape index (κ1) is 21.1. The minimum atomic E-state index is 0.00528. The number of rotatable bonds is 6. The fourth-order valence-corrected chi connectivity index (χ4v) is 3.89. The van der Waals surface area contributed by atoms with Crippen molar-refractivity contribution in [2.75, 3.05) is 37.7 Å². The maximum absolute atomic E-state index is 12.6. The van der Waals surface area contributed by atoms with Gasteiger partial charge in [0.05, 0.1) is 10.7 Å². The van der Waals surface area contributed by atoms with E-state index < -0.39 is 0 Å². The highest BCUT2D eigenvalue weighted by Crippen LogP contribution is 2.26. The Bertz CT molecular complexity index is 1030. The van der Waals surface area contributed by atoms with Crippen LogP contribution >= 0.6 is 11.6 Å². The first-order valence-corrected chi connectivity index (χ1v) is 10.9. The van der Waals surface area contributed by atoms with Crippen molar-refractivity contribution in [3.05, 3.63) is 71.2 Å². The summed E-state index contributed by atoms with van der Waals surface area (Å²) in [4.78, 5) is 16.6. The molecule has 0 bridgehead atoms. The van der Waals surface area contributed by atoms with Crippen molar-refractivity contribution in [1.82, 2.24) is 15.1 Å². The highest BCUT2D eigenvalue weighted by atomic mass is 35.5. The van der Waals surface area contributed by atoms with Gasteiger partial charge in [-0.25, -0.2) is 0 Å². The summed E-state index contributed by atoms with van der Waals surface area (Å²) in [6.07, 6.45) is 0.874. The number of carbonyl (C=O) groups is 1. The number of aryl methyl sites for hydroxylation is 1. The third-order valence-electron chi connectivity index (χ3n) is 5.46. The molecule has 31 heavy (non-hydrogen) atoms. The van der Waals surface area contributed by atoms with Crippen LogP contribution in [0, 0.1) is 0 Å². The second-order valence-corrected chi connectivity index (χ2v) is 7.78. The molecule has 3 aromatic rings. The molecule has 0 N–H and O–H groups in total. The summed E-state index contributed by atoms with van der Waals surface area (Å²) >= 11 is 6.25. The lowest BCUT2D eigenvalue weighted by atomic mass is 10.1. The first-order valence-electron chi connectivity index (χ1n) is 10.5. The molecule has 7 heteroatoms. The van der Waals surface area contributed by atoms with Gasteiger partial charge in [0.1, 0.15) is 5.75 Å².